The molecule has 0 unspecified atom stereocenters. The Kier molecular flexibility index (Phi) is 3.85. The van der Waals surface area contributed by atoms with Crippen molar-refractivity contribution in [3.63, 3.8) is 0 Å². The molecule has 1 aliphatic heterocycles. The molecule has 1 aliphatic carbocycles. The van der Waals surface area contributed by atoms with Gasteiger partial charge in [0.15, 0.2) is 0 Å². The van der Waals surface area contributed by atoms with Gasteiger partial charge in [0.05, 0.1) is 5.69 Å². The van der Waals surface area contributed by atoms with Gasteiger partial charge in [0.2, 0.25) is 0 Å². The van der Waals surface area contributed by atoms with Crippen molar-refractivity contribution in [1.29, 1.82) is 0 Å². The lowest BCUT2D eigenvalue weighted by Gasteiger charge is -2.26. The lowest BCUT2D eigenvalue weighted by atomic mass is 10.0. The fraction of sp³-hybridized carbons (Fsp3) is 0.250. The lowest BCUT2D eigenvalue weighted by Crippen LogP contribution is -2.26. The van der Waals surface area contributed by atoms with Gasteiger partial charge < -0.3 is 9.64 Å². The topological polar surface area (TPSA) is 25.4 Å². The number of ether oxygens (including phenoxy) is 1. The van der Waals surface area contributed by atoms with Crippen LogP contribution in [0.15, 0.2) is 66.5 Å². The third-order valence-electron chi connectivity index (χ3n) is 4.49. The Morgan fingerprint density at radius 3 is 2.65 bits per heavy atom. The fourth-order valence-electron chi connectivity index (χ4n) is 3.08. The molecule has 2 aliphatic rings. The van der Waals surface area contributed by atoms with Crippen molar-refractivity contribution < 1.29 is 4.74 Å². The molecule has 0 fully saturated rings. The van der Waals surface area contributed by atoms with E-state index in [1.54, 1.807) is 6.20 Å². The molecule has 4 rings (SSSR count). The lowest BCUT2D eigenvalue weighted by molar-refractivity contribution is 0.301. The van der Waals surface area contributed by atoms with E-state index in [0.717, 1.165) is 37.4 Å². The predicted molar refractivity (Wildman–Crippen MR) is 91.2 cm³/mol. The molecule has 1 aromatic heterocycles. The van der Waals surface area contributed by atoms with E-state index in [1.807, 2.05) is 18.2 Å². The average Bonchev–Trinajstić information content (AvgIpc) is 2.75. The summed E-state index contributed by atoms with van der Waals surface area (Å²) in [7, 11) is 0. The van der Waals surface area contributed by atoms with E-state index in [1.165, 1.54) is 16.8 Å². The minimum Gasteiger partial charge on any atom is -0.487 e. The summed E-state index contributed by atoms with van der Waals surface area (Å²) in [6, 6.07) is 12.4. The highest BCUT2D eigenvalue weighted by Gasteiger charge is 2.16. The highest BCUT2D eigenvalue weighted by molar-refractivity contribution is 5.39. The van der Waals surface area contributed by atoms with Crippen LogP contribution < -0.4 is 4.74 Å². The van der Waals surface area contributed by atoms with Crippen molar-refractivity contribution in [3.05, 3.63) is 83.3 Å². The minimum absolute atomic E-state index is 0.517. The van der Waals surface area contributed by atoms with Gasteiger partial charge in [0.1, 0.15) is 12.4 Å². The van der Waals surface area contributed by atoms with Crippen LogP contribution in [0.5, 0.6) is 5.75 Å². The second-order valence-corrected chi connectivity index (χ2v) is 5.98. The molecule has 0 saturated heterocycles. The van der Waals surface area contributed by atoms with E-state index in [-0.39, 0.29) is 0 Å². The molecule has 0 amide bonds. The number of nitrogens with zero attached hydrogens (tertiary/aromatic N) is 2. The first-order valence-corrected chi connectivity index (χ1v) is 8.16. The number of allylic oxidation sites excluding steroid dienone is 3. The molecule has 23 heavy (non-hydrogen) atoms. The van der Waals surface area contributed by atoms with Gasteiger partial charge in [0.25, 0.3) is 0 Å². The molecule has 2 heterocycles. The van der Waals surface area contributed by atoms with Gasteiger partial charge in [-0.1, -0.05) is 18.2 Å². The summed E-state index contributed by atoms with van der Waals surface area (Å²) in [4.78, 5) is 6.76. The molecule has 116 valence electrons. The Labute approximate surface area is 136 Å². The molecule has 0 radical (unpaired) electrons. The Bertz CT molecular complexity index is 749. The van der Waals surface area contributed by atoms with Crippen LogP contribution in [0, 0.1) is 0 Å². The van der Waals surface area contributed by atoms with Crippen LogP contribution in [0.3, 0.4) is 0 Å². The summed E-state index contributed by atoms with van der Waals surface area (Å²) < 4.78 is 5.91. The highest BCUT2D eigenvalue weighted by atomic mass is 16.5. The van der Waals surface area contributed by atoms with Gasteiger partial charge >= 0.3 is 0 Å². The van der Waals surface area contributed by atoms with E-state index < -0.39 is 0 Å². The second-order valence-electron chi connectivity index (χ2n) is 5.98. The predicted octanol–water partition coefficient (Wildman–Crippen LogP) is 3.51. The molecule has 3 nitrogen and oxygen atoms in total. The van der Waals surface area contributed by atoms with Crippen molar-refractivity contribution in [2.24, 2.45) is 0 Å². The number of aromatic nitrogens is 1. The summed E-state index contributed by atoms with van der Waals surface area (Å²) in [5.41, 5.74) is 5.18. The van der Waals surface area contributed by atoms with Gasteiger partial charge in [-0.3, -0.25) is 4.98 Å². The zero-order valence-electron chi connectivity index (χ0n) is 13.1. The number of hydrogen-bond acceptors (Lipinski definition) is 3. The van der Waals surface area contributed by atoms with E-state index in [9.17, 15) is 0 Å². The van der Waals surface area contributed by atoms with Crippen molar-refractivity contribution in [2.75, 3.05) is 13.1 Å². The van der Waals surface area contributed by atoms with Gasteiger partial charge in [-0.15, -0.1) is 0 Å². The Morgan fingerprint density at radius 1 is 1.04 bits per heavy atom. The Morgan fingerprint density at radius 2 is 1.91 bits per heavy atom. The van der Waals surface area contributed by atoms with Gasteiger partial charge in [0, 0.05) is 25.0 Å². The van der Waals surface area contributed by atoms with E-state index in [2.05, 4.69) is 46.3 Å². The Hall–Kier alpha value is -2.55. The highest BCUT2D eigenvalue weighted by Crippen LogP contribution is 2.25. The minimum atomic E-state index is 0.517. The molecule has 2 aromatic rings. The quantitative estimate of drug-likeness (QED) is 0.864. The molecule has 3 heteroatoms. The number of hydrogen-bond donors (Lipinski definition) is 0. The summed E-state index contributed by atoms with van der Waals surface area (Å²) in [5.74, 6) is 0.936. The van der Waals surface area contributed by atoms with Crippen LogP contribution in [0.1, 0.15) is 16.8 Å². The maximum Gasteiger partial charge on any atom is 0.130 e. The van der Waals surface area contributed by atoms with Gasteiger partial charge in [-0.25, -0.2) is 0 Å². The van der Waals surface area contributed by atoms with E-state index in [0.29, 0.717) is 6.61 Å². The zero-order chi connectivity index (χ0) is 15.5. The molecule has 0 N–H and O–H groups in total. The number of benzene rings is 1. The van der Waals surface area contributed by atoms with Crippen molar-refractivity contribution in [1.82, 2.24) is 9.88 Å². The van der Waals surface area contributed by atoms with Crippen LogP contribution in [0.2, 0.25) is 0 Å². The maximum atomic E-state index is 5.91. The van der Waals surface area contributed by atoms with Crippen molar-refractivity contribution in [2.45, 2.75) is 19.4 Å². The van der Waals surface area contributed by atoms with Crippen molar-refractivity contribution >= 4 is 0 Å². The molecule has 0 spiro atoms. The summed E-state index contributed by atoms with van der Waals surface area (Å²) in [5, 5.41) is 0. The van der Waals surface area contributed by atoms with Crippen LogP contribution >= 0.6 is 0 Å². The molecule has 0 atom stereocenters. The number of pyridine rings is 1. The van der Waals surface area contributed by atoms with E-state index in [4.69, 9.17) is 4.74 Å². The summed E-state index contributed by atoms with van der Waals surface area (Å²) in [6.07, 6.45) is 10.5. The van der Waals surface area contributed by atoms with Gasteiger partial charge in [-0.2, -0.15) is 0 Å². The second kappa shape index (κ2) is 6.29. The Balaban J connectivity index is 1.43. The monoisotopic (exact) mass is 304 g/mol. The average molecular weight is 304 g/mol. The van der Waals surface area contributed by atoms with Crippen molar-refractivity contribution in [3.8, 4) is 5.75 Å². The molecule has 1 aromatic carbocycles. The first-order chi connectivity index (χ1) is 11.4. The van der Waals surface area contributed by atoms with Crippen LogP contribution in [-0.4, -0.2) is 23.0 Å². The third-order valence-corrected chi connectivity index (χ3v) is 4.49. The van der Waals surface area contributed by atoms with Crippen LogP contribution in [0.25, 0.3) is 0 Å². The number of fused-ring (bicyclic) bond motifs is 1. The molecule has 0 bridgehead atoms. The first-order valence-electron chi connectivity index (χ1n) is 8.16. The zero-order valence-corrected chi connectivity index (χ0v) is 13.1. The van der Waals surface area contributed by atoms with Crippen LogP contribution in [-0.2, 0) is 19.4 Å². The SMILES string of the molecule is C1=CC(N2CCc3ccc(OCc4ccccn4)cc3CC2)=C1. The summed E-state index contributed by atoms with van der Waals surface area (Å²) in [6.45, 7) is 2.69. The van der Waals surface area contributed by atoms with E-state index >= 15 is 0 Å². The smallest absolute Gasteiger partial charge is 0.130 e. The molecular formula is C20H20N2O. The van der Waals surface area contributed by atoms with Crippen LogP contribution in [0.4, 0.5) is 0 Å². The summed E-state index contributed by atoms with van der Waals surface area (Å²) >= 11 is 0. The molecular weight excluding hydrogens is 284 g/mol. The van der Waals surface area contributed by atoms with Gasteiger partial charge in [-0.05, 0) is 60.4 Å². The molecule has 0 saturated carbocycles. The number of rotatable bonds is 4. The third kappa shape index (κ3) is 3.14. The standard InChI is InChI=1S/C20H20N2O/c1-2-11-21-18(4-1)15-23-20-8-7-16-9-12-22(19-5-3-6-19)13-10-17(16)14-20/h1-8,11,14H,9-10,12-13,15H2. The normalized spacial score (nSPS) is 16.2. The largest absolute Gasteiger partial charge is 0.487 e. The first kappa shape index (κ1) is 14.1. The fourth-order valence-corrected chi connectivity index (χ4v) is 3.08. The maximum absolute atomic E-state index is 5.91.